The molecule has 0 unspecified atom stereocenters. The van der Waals surface area contributed by atoms with Crippen LogP contribution in [0.2, 0.25) is 0 Å². The van der Waals surface area contributed by atoms with E-state index in [1.54, 1.807) is 41.5 Å². The Morgan fingerprint density at radius 1 is 0.700 bits per heavy atom. The lowest BCUT2D eigenvalue weighted by molar-refractivity contribution is -0.321. The maximum absolute atomic E-state index is 15.3. The van der Waals surface area contributed by atoms with Gasteiger partial charge in [0.2, 0.25) is 0 Å². The van der Waals surface area contributed by atoms with Crippen LogP contribution in [0.4, 0.5) is 26.3 Å². The number of methoxy groups -OCH3 is 2. The summed E-state index contributed by atoms with van der Waals surface area (Å²) in [6, 6.07) is 13.0. The molecule has 80 heavy (non-hydrogen) atoms. The molecule has 6 aliphatic rings. The predicted octanol–water partition coefficient (Wildman–Crippen LogP) is 9.16. The minimum atomic E-state index is -5.25. The number of aliphatic hydroxyl groups excluding tert-OH is 2. The summed E-state index contributed by atoms with van der Waals surface area (Å²) >= 11 is 0. The number of alkyl halides is 6. The molecule has 6 heterocycles. The number of hydrogen-bond donors (Lipinski definition) is 2. The lowest BCUT2D eigenvalue weighted by Gasteiger charge is -2.55. The Kier molecular flexibility index (Phi) is 18.3. The highest BCUT2D eigenvalue weighted by Crippen LogP contribution is 2.52. The third-order valence-electron chi connectivity index (χ3n) is 18.0. The van der Waals surface area contributed by atoms with Crippen molar-refractivity contribution >= 4 is 18.2 Å². The van der Waals surface area contributed by atoms with Gasteiger partial charge < -0.3 is 57.6 Å². The van der Waals surface area contributed by atoms with Crippen molar-refractivity contribution < 1.29 is 98.3 Å². The zero-order valence-electron chi connectivity index (χ0n) is 46.6. The van der Waals surface area contributed by atoms with E-state index in [0.29, 0.717) is 32.0 Å². The van der Waals surface area contributed by atoms with E-state index in [0.717, 1.165) is 49.6 Å². The highest BCUT2D eigenvalue weighted by Gasteiger charge is 2.67. The number of ether oxygens (including phenoxy) is 10. The first-order valence-electron chi connectivity index (χ1n) is 27.5. The van der Waals surface area contributed by atoms with Gasteiger partial charge in [0.05, 0.1) is 71.7 Å². The number of benzene rings is 2. The molecule has 0 saturated carbocycles. The van der Waals surface area contributed by atoms with Gasteiger partial charge in [-0.25, -0.2) is 9.59 Å². The van der Waals surface area contributed by atoms with Crippen molar-refractivity contribution in [2.45, 2.75) is 232 Å². The van der Waals surface area contributed by atoms with Crippen molar-refractivity contribution in [1.82, 2.24) is 0 Å². The fourth-order valence-corrected chi connectivity index (χ4v) is 13.0. The Balaban J connectivity index is 0.992. The van der Waals surface area contributed by atoms with E-state index in [1.807, 2.05) is 13.0 Å². The van der Waals surface area contributed by atoms with Gasteiger partial charge in [0.25, 0.3) is 11.2 Å². The fraction of sp³-hybridized carbons (Fsp3) is 0.678. The third kappa shape index (κ3) is 11.7. The molecule has 19 atom stereocenters. The first kappa shape index (κ1) is 61.8. The van der Waals surface area contributed by atoms with Gasteiger partial charge in [0.1, 0.15) is 30.7 Å². The summed E-state index contributed by atoms with van der Waals surface area (Å²) in [5, 5.41) is 23.9. The molecule has 2 N–H and O–H groups in total. The van der Waals surface area contributed by atoms with Crippen molar-refractivity contribution in [1.29, 1.82) is 0 Å². The summed E-state index contributed by atoms with van der Waals surface area (Å²) in [6.45, 7) is 12.3. The summed E-state index contributed by atoms with van der Waals surface area (Å²) in [7, 11) is 1.60. The standard InChI is InChI=1S/C59H76F6O15/c1-33(34(2)25-28-66)17-16-22-41-35(3)48(77-52(70)57(72-9,59(63,64)65)38-20-14-11-15-21-38)50-44(74-41)31-47-54(6,80-50)27-24-45(68)55(7,79-47)32-39-29-40(67)49-42(73-39)23-26-53(5)46(76-49)30-43(36(4)78-53)75-51(69)56(71-8,58(60,61)62)37-18-12-10-13-19-37/h10-15,17-21,25,28,35-36,39-50,67-68H,16,22-24,26-27,29-32H2,1-9H3/b33-17+,34-25+/t35-,36-,39-,40+,41+,42-,43+,44-,45+,46-,47+,48+,49+,50-,53+,54-,55-,56-,57-/m1/s1. The summed E-state index contributed by atoms with van der Waals surface area (Å²) in [5.41, 5.74) is -9.78. The highest BCUT2D eigenvalue weighted by atomic mass is 19.4. The van der Waals surface area contributed by atoms with Crippen LogP contribution in [0.15, 0.2) is 84.0 Å². The monoisotopic (exact) mass is 1140 g/mol. The summed E-state index contributed by atoms with van der Waals surface area (Å²) in [6.07, 6.45) is -16.5. The van der Waals surface area contributed by atoms with Gasteiger partial charge in [-0.05, 0) is 91.7 Å². The van der Waals surface area contributed by atoms with Crippen LogP contribution in [-0.2, 0) is 73.0 Å². The largest absolute Gasteiger partial charge is 0.457 e. The number of esters is 2. The Bertz CT molecular complexity index is 2550. The number of hydrogen-bond acceptors (Lipinski definition) is 15. The van der Waals surface area contributed by atoms with Gasteiger partial charge in [-0.1, -0.05) is 79.2 Å². The maximum Gasteiger partial charge on any atom is 0.432 e. The van der Waals surface area contributed by atoms with Crippen LogP contribution in [0.5, 0.6) is 0 Å². The van der Waals surface area contributed by atoms with E-state index in [2.05, 4.69) is 0 Å². The van der Waals surface area contributed by atoms with Crippen molar-refractivity contribution in [3.8, 4) is 0 Å². The van der Waals surface area contributed by atoms with Gasteiger partial charge >= 0.3 is 24.3 Å². The van der Waals surface area contributed by atoms with Crippen LogP contribution < -0.4 is 0 Å². The van der Waals surface area contributed by atoms with E-state index in [9.17, 15) is 37.8 Å². The molecular formula is C59H76F6O15. The zero-order valence-corrected chi connectivity index (χ0v) is 46.6. The summed E-state index contributed by atoms with van der Waals surface area (Å²) < 4.78 is 153. The molecule has 21 heteroatoms. The van der Waals surface area contributed by atoms with Crippen LogP contribution in [0.1, 0.15) is 124 Å². The Hall–Kier alpha value is -4.29. The van der Waals surface area contributed by atoms with Gasteiger partial charge in [-0.2, -0.15) is 26.3 Å². The van der Waals surface area contributed by atoms with Gasteiger partial charge in [0.15, 0.2) is 0 Å². The molecular weight excluding hydrogens is 1060 g/mol. The number of aldehydes is 1. The lowest BCUT2D eigenvalue weighted by Crippen LogP contribution is -2.66. The molecule has 6 saturated heterocycles. The molecule has 8 rings (SSSR count). The molecule has 2 aromatic rings. The molecule has 0 radical (unpaired) electrons. The number of carbonyl (C=O) groups excluding carboxylic acids is 3. The van der Waals surface area contributed by atoms with Gasteiger partial charge in [-0.15, -0.1) is 0 Å². The van der Waals surface area contributed by atoms with Crippen molar-refractivity contribution in [2.75, 3.05) is 14.2 Å². The Morgan fingerprint density at radius 3 is 1.85 bits per heavy atom. The first-order valence-corrected chi connectivity index (χ1v) is 27.5. The average Bonchev–Trinajstić information content (AvgIpc) is 3.69. The number of carbonyl (C=O) groups is 3. The SMILES string of the molecule is CO[C@@](C(=O)O[C@H]1[C@H](C)[C@H](CC/C=C(C)/C(C)=C/C=O)O[C@@H]2C[C@@H]3O[C@](C)(C[C@H]4C[C@H](O)[C@@H]5O[C@@H]6C[C@H](OC(=O)[C@](OC)(c7ccccc7)C(F)(F)F)[C@@H](C)O[C@@]6(C)CC[C@H]5O4)[C@@H](O)CC[C@@]3(C)O[C@@H]12)(c1ccccc1)C(F)(F)F. The van der Waals surface area contributed by atoms with Gasteiger partial charge in [0, 0.05) is 56.9 Å². The number of fused-ring (bicyclic) bond motifs is 4. The molecule has 0 bridgehead atoms. The van der Waals surface area contributed by atoms with Crippen LogP contribution in [0.3, 0.4) is 0 Å². The average molecular weight is 1140 g/mol. The second-order valence-electron chi connectivity index (χ2n) is 23.2. The number of rotatable bonds is 15. The highest BCUT2D eigenvalue weighted by molar-refractivity contribution is 5.83. The molecule has 444 valence electrons. The quantitative estimate of drug-likeness (QED) is 0.0565. The van der Waals surface area contributed by atoms with Gasteiger partial charge in [-0.3, -0.25) is 4.79 Å². The second kappa shape index (κ2) is 23.8. The molecule has 0 aromatic heterocycles. The summed E-state index contributed by atoms with van der Waals surface area (Å²) in [4.78, 5) is 39.2. The van der Waals surface area contributed by atoms with E-state index < -0.39 is 149 Å². The first-order chi connectivity index (χ1) is 37.6. The topological polar surface area (TPSA) is 184 Å². The second-order valence-corrected chi connectivity index (χ2v) is 23.2. The molecule has 6 fully saturated rings. The Morgan fingerprint density at radius 2 is 1.27 bits per heavy atom. The summed E-state index contributed by atoms with van der Waals surface area (Å²) in [5.74, 6) is -4.04. The molecule has 15 nitrogen and oxygen atoms in total. The smallest absolute Gasteiger partial charge is 0.432 e. The minimum Gasteiger partial charge on any atom is -0.457 e. The molecule has 0 amide bonds. The lowest BCUT2D eigenvalue weighted by atomic mass is 9.78. The van der Waals surface area contributed by atoms with E-state index >= 15 is 13.2 Å². The van der Waals surface area contributed by atoms with Crippen LogP contribution in [-0.4, -0.2) is 151 Å². The van der Waals surface area contributed by atoms with Crippen LogP contribution >= 0.6 is 0 Å². The third-order valence-corrected chi connectivity index (χ3v) is 18.0. The number of halogens is 6. The maximum atomic E-state index is 15.3. The van der Waals surface area contributed by atoms with Crippen molar-refractivity contribution in [2.24, 2.45) is 5.92 Å². The zero-order chi connectivity index (χ0) is 58.4. The molecule has 2 aromatic carbocycles. The number of allylic oxidation sites excluding steroid dienone is 4. The van der Waals surface area contributed by atoms with Crippen molar-refractivity contribution in [3.05, 3.63) is 95.1 Å². The number of aliphatic hydroxyl groups is 2. The molecule has 0 spiro atoms. The Labute approximate surface area is 462 Å². The minimum absolute atomic E-state index is 0.0338. The normalized spacial score (nSPS) is 38.6. The van der Waals surface area contributed by atoms with Crippen molar-refractivity contribution in [3.63, 3.8) is 0 Å². The fourth-order valence-electron chi connectivity index (χ4n) is 13.0. The van der Waals surface area contributed by atoms with E-state index in [1.165, 1.54) is 42.5 Å². The van der Waals surface area contributed by atoms with E-state index in [4.69, 9.17) is 47.4 Å². The predicted molar refractivity (Wildman–Crippen MR) is 275 cm³/mol. The molecule has 0 aliphatic carbocycles. The van der Waals surface area contributed by atoms with Crippen LogP contribution in [0, 0.1) is 5.92 Å². The van der Waals surface area contributed by atoms with E-state index in [-0.39, 0.29) is 38.5 Å². The van der Waals surface area contributed by atoms with Crippen LogP contribution in [0.25, 0.3) is 0 Å². The molecule has 6 aliphatic heterocycles.